The molecule has 1 saturated carbocycles. The lowest BCUT2D eigenvalue weighted by molar-refractivity contribution is -0.134. The van der Waals surface area contributed by atoms with Gasteiger partial charge in [0.1, 0.15) is 5.75 Å². The molecule has 2 aliphatic heterocycles. The van der Waals surface area contributed by atoms with Crippen LogP contribution in [0.4, 0.5) is 6.01 Å². The summed E-state index contributed by atoms with van der Waals surface area (Å²) >= 11 is 0. The van der Waals surface area contributed by atoms with Crippen molar-refractivity contribution in [3.05, 3.63) is 35.7 Å². The second-order valence-electron chi connectivity index (χ2n) is 10.5. The van der Waals surface area contributed by atoms with Gasteiger partial charge in [-0.25, -0.2) is 0 Å². The van der Waals surface area contributed by atoms with Crippen LogP contribution in [-0.2, 0) is 16.0 Å². The third-order valence-corrected chi connectivity index (χ3v) is 7.74. The minimum Gasteiger partial charge on any atom is -0.494 e. The number of nitrogens with zero attached hydrogens (tertiary/aromatic N) is 4. The number of ether oxygens (including phenoxy) is 2. The lowest BCUT2D eigenvalue weighted by Crippen LogP contribution is -2.41. The van der Waals surface area contributed by atoms with Crippen molar-refractivity contribution < 1.29 is 18.8 Å². The molecule has 5 rings (SSSR count). The van der Waals surface area contributed by atoms with Crippen LogP contribution in [0, 0.1) is 17.8 Å². The molecule has 8 nitrogen and oxygen atoms in total. The molecule has 0 N–H and O–H groups in total. The number of amides is 1. The SMILES string of the molecule is CC(C)c1noc(N2CCC([C@H]3C[C@H]3CCOc3ccc(CC(=O)N4CCOCC4)cc3)CC2)n1. The Morgan fingerprint density at radius 3 is 2.54 bits per heavy atom. The first-order valence-corrected chi connectivity index (χ1v) is 13.2. The second-order valence-corrected chi connectivity index (χ2v) is 10.5. The van der Waals surface area contributed by atoms with Crippen LogP contribution in [0.15, 0.2) is 28.8 Å². The van der Waals surface area contributed by atoms with Gasteiger partial charge in [-0.3, -0.25) is 4.79 Å². The highest BCUT2D eigenvalue weighted by molar-refractivity contribution is 5.78. The van der Waals surface area contributed by atoms with E-state index in [9.17, 15) is 4.79 Å². The monoisotopic (exact) mass is 482 g/mol. The van der Waals surface area contributed by atoms with E-state index in [4.69, 9.17) is 14.0 Å². The third-order valence-electron chi connectivity index (χ3n) is 7.74. The Balaban J connectivity index is 0.989. The van der Waals surface area contributed by atoms with Crippen molar-refractivity contribution in [3.8, 4) is 5.75 Å². The zero-order valence-electron chi connectivity index (χ0n) is 21.0. The summed E-state index contributed by atoms with van der Waals surface area (Å²) in [5.74, 6) is 4.56. The average molecular weight is 483 g/mol. The molecule has 3 heterocycles. The van der Waals surface area contributed by atoms with Crippen LogP contribution in [-0.4, -0.2) is 66.9 Å². The average Bonchev–Trinajstić information content (AvgIpc) is 3.48. The number of hydrogen-bond acceptors (Lipinski definition) is 7. The van der Waals surface area contributed by atoms with Crippen LogP contribution in [0.5, 0.6) is 5.75 Å². The highest BCUT2D eigenvalue weighted by atomic mass is 16.5. The number of morpholine rings is 1. The van der Waals surface area contributed by atoms with E-state index in [-0.39, 0.29) is 5.91 Å². The van der Waals surface area contributed by atoms with E-state index < -0.39 is 0 Å². The first kappa shape index (κ1) is 24.1. The van der Waals surface area contributed by atoms with Crippen molar-refractivity contribution in [1.82, 2.24) is 15.0 Å². The molecular weight excluding hydrogens is 444 g/mol. The quantitative estimate of drug-likeness (QED) is 0.536. The fourth-order valence-corrected chi connectivity index (χ4v) is 5.42. The van der Waals surface area contributed by atoms with Crippen LogP contribution in [0.1, 0.15) is 56.8 Å². The van der Waals surface area contributed by atoms with E-state index in [1.807, 2.05) is 29.2 Å². The molecule has 2 atom stereocenters. The number of rotatable bonds is 9. The van der Waals surface area contributed by atoms with Crippen LogP contribution in [0.25, 0.3) is 0 Å². The van der Waals surface area contributed by atoms with Gasteiger partial charge in [-0.2, -0.15) is 4.98 Å². The predicted molar refractivity (Wildman–Crippen MR) is 133 cm³/mol. The normalized spacial score (nSPS) is 23.1. The van der Waals surface area contributed by atoms with Crippen LogP contribution >= 0.6 is 0 Å². The Morgan fingerprint density at radius 2 is 1.86 bits per heavy atom. The van der Waals surface area contributed by atoms with Crippen molar-refractivity contribution in [3.63, 3.8) is 0 Å². The molecule has 0 spiro atoms. The van der Waals surface area contributed by atoms with E-state index >= 15 is 0 Å². The van der Waals surface area contributed by atoms with Gasteiger partial charge in [-0.1, -0.05) is 31.1 Å². The molecule has 8 heteroatoms. The van der Waals surface area contributed by atoms with E-state index in [1.54, 1.807) is 0 Å². The van der Waals surface area contributed by atoms with Gasteiger partial charge in [0.15, 0.2) is 5.82 Å². The summed E-state index contributed by atoms with van der Waals surface area (Å²) in [5, 5.41) is 4.10. The molecule has 2 saturated heterocycles. The van der Waals surface area contributed by atoms with Gasteiger partial charge in [-0.15, -0.1) is 0 Å². The Kier molecular flexibility index (Phi) is 7.56. The Bertz CT molecular complexity index is 962. The predicted octanol–water partition coefficient (Wildman–Crippen LogP) is 3.92. The Morgan fingerprint density at radius 1 is 1.11 bits per heavy atom. The minimum atomic E-state index is 0.171. The van der Waals surface area contributed by atoms with Crippen LogP contribution < -0.4 is 9.64 Å². The summed E-state index contributed by atoms with van der Waals surface area (Å²) in [6, 6.07) is 8.68. The number of piperidine rings is 1. The molecule has 190 valence electrons. The van der Waals surface area contributed by atoms with Crippen molar-refractivity contribution in [2.24, 2.45) is 17.8 Å². The molecule has 0 unspecified atom stereocenters. The van der Waals surface area contributed by atoms with Gasteiger partial charge in [0.2, 0.25) is 5.91 Å². The van der Waals surface area contributed by atoms with Crippen LogP contribution in [0.3, 0.4) is 0 Å². The molecule has 1 aliphatic carbocycles. The first-order chi connectivity index (χ1) is 17.1. The first-order valence-electron chi connectivity index (χ1n) is 13.2. The van der Waals surface area contributed by atoms with E-state index in [2.05, 4.69) is 28.9 Å². The summed E-state index contributed by atoms with van der Waals surface area (Å²) in [4.78, 5) is 21.1. The summed E-state index contributed by atoms with van der Waals surface area (Å²) in [5.41, 5.74) is 1.03. The summed E-state index contributed by atoms with van der Waals surface area (Å²) < 4.78 is 16.8. The summed E-state index contributed by atoms with van der Waals surface area (Å²) in [7, 11) is 0. The zero-order valence-corrected chi connectivity index (χ0v) is 21.0. The highest BCUT2D eigenvalue weighted by Gasteiger charge is 2.43. The van der Waals surface area contributed by atoms with Crippen molar-refractivity contribution >= 4 is 11.9 Å². The molecule has 0 bridgehead atoms. The maximum absolute atomic E-state index is 12.4. The number of carbonyl (C=O) groups is 1. The largest absolute Gasteiger partial charge is 0.494 e. The Labute approximate surface area is 207 Å². The summed E-state index contributed by atoms with van der Waals surface area (Å²) in [6.45, 7) is 9.60. The molecule has 3 aliphatic rings. The van der Waals surface area contributed by atoms with Crippen molar-refractivity contribution in [1.29, 1.82) is 0 Å². The molecule has 2 aromatic rings. The molecule has 3 fully saturated rings. The second kappa shape index (κ2) is 11.0. The molecule has 1 aromatic heterocycles. The fraction of sp³-hybridized carbons (Fsp3) is 0.667. The standard InChI is InChI=1S/C27H38N4O4/c1-19(2)26-28-27(35-29-26)31-10-7-21(8-11-31)24-18-22(24)9-14-34-23-5-3-20(4-6-23)17-25(32)30-12-15-33-16-13-30/h3-6,19,21-22,24H,7-18H2,1-2H3/t22-,24-/m1/s1. The number of aromatic nitrogens is 2. The number of benzene rings is 1. The van der Waals surface area contributed by atoms with Crippen molar-refractivity contribution in [2.75, 3.05) is 50.9 Å². The van der Waals surface area contributed by atoms with Gasteiger partial charge in [-0.05, 0) is 61.1 Å². The summed E-state index contributed by atoms with van der Waals surface area (Å²) in [6.07, 6.45) is 5.28. The van der Waals surface area contributed by atoms with Gasteiger partial charge in [0.05, 0.1) is 26.2 Å². The topological polar surface area (TPSA) is 80.9 Å². The highest BCUT2D eigenvalue weighted by Crippen LogP contribution is 2.50. The number of anilines is 1. The zero-order chi connectivity index (χ0) is 24.2. The lowest BCUT2D eigenvalue weighted by atomic mass is 9.90. The Hall–Kier alpha value is -2.61. The smallest absolute Gasteiger partial charge is 0.324 e. The maximum atomic E-state index is 12.4. The van der Waals surface area contributed by atoms with E-state index in [1.165, 1.54) is 19.3 Å². The third kappa shape index (κ3) is 6.15. The van der Waals surface area contributed by atoms with Gasteiger partial charge in [0, 0.05) is 32.1 Å². The minimum absolute atomic E-state index is 0.171. The van der Waals surface area contributed by atoms with Crippen molar-refractivity contribution in [2.45, 2.75) is 51.9 Å². The van der Waals surface area contributed by atoms with Gasteiger partial charge < -0.3 is 23.8 Å². The van der Waals surface area contributed by atoms with E-state index in [0.29, 0.717) is 44.7 Å². The molecule has 1 amide bonds. The van der Waals surface area contributed by atoms with Gasteiger partial charge >= 0.3 is 6.01 Å². The number of hydrogen-bond donors (Lipinski definition) is 0. The van der Waals surface area contributed by atoms with E-state index in [0.717, 1.165) is 61.0 Å². The molecule has 35 heavy (non-hydrogen) atoms. The van der Waals surface area contributed by atoms with Crippen LogP contribution in [0.2, 0.25) is 0 Å². The number of carbonyl (C=O) groups excluding carboxylic acids is 1. The maximum Gasteiger partial charge on any atom is 0.324 e. The lowest BCUT2D eigenvalue weighted by Gasteiger charge is -2.30. The fourth-order valence-electron chi connectivity index (χ4n) is 5.42. The van der Waals surface area contributed by atoms with Gasteiger partial charge in [0.25, 0.3) is 0 Å². The molecular formula is C27H38N4O4. The molecule has 1 aromatic carbocycles. The molecule has 0 radical (unpaired) electrons.